The summed E-state index contributed by atoms with van der Waals surface area (Å²) in [7, 11) is 1.37. The molecule has 1 heterocycles. The van der Waals surface area contributed by atoms with Crippen molar-refractivity contribution in [2.45, 2.75) is 70.3 Å². The quantitative estimate of drug-likeness (QED) is 0.430. The summed E-state index contributed by atoms with van der Waals surface area (Å²) in [5, 5.41) is 3.29. The Kier molecular flexibility index (Phi) is 8.53. The Morgan fingerprint density at radius 2 is 1.49 bits per heavy atom. The largest absolute Gasteiger partial charge is 0.469 e. The van der Waals surface area contributed by atoms with E-state index in [1.807, 2.05) is 20.8 Å². The molecule has 35 heavy (non-hydrogen) atoms. The smallest absolute Gasteiger partial charge is 0.317 e. The highest BCUT2D eigenvalue weighted by atomic mass is 16.6. The third-order valence-corrected chi connectivity index (χ3v) is 6.88. The van der Waals surface area contributed by atoms with Gasteiger partial charge in [-0.05, 0) is 90.1 Å². The van der Waals surface area contributed by atoms with E-state index in [9.17, 15) is 19.2 Å². The summed E-state index contributed by atoms with van der Waals surface area (Å²) in [5.74, 6) is -1.62. The maximum Gasteiger partial charge on any atom is 0.317 e. The van der Waals surface area contributed by atoms with Gasteiger partial charge in [0.05, 0.1) is 18.4 Å². The zero-order valence-electron chi connectivity index (χ0n) is 21.1. The van der Waals surface area contributed by atoms with Gasteiger partial charge in [-0.3, -0.25) is 30.0 Å². The number of benzene rings is 1. The average Bonchev–Trinajstić information content (AvgIpc) is 2.86. The van der Waals surface area contributed by atoms with Crippen LogP contribution in [0.2, 0.25) is 0 Å². The fraction of sp³-hybridized carbons (Fsp3) is 0.615. The van der Waals surface area contributed by atoms with Crippen LogP contribution < -0.4 is 16.2 Å². The zero-order chi connectivity index (χ0) is 25.6. The highest BCUT2D eigenvalue weighted by molar-refractivity contribution is 5.96. The number of esters is 2. The van der Waals surface area contributed by atoms with Gasteiger partial charge in [-0.15, -0.1) is 0 Å². The maximum atomic E-state index is 13.2. The van der Waals surface area contributed by atoms with E-state index in [4.69, 9.17) is 9.47 Å². The summed E-state index contributed by atoms with van der Waals surface area (Å²) < 4.78 is 10.5. The standard InChI is InChI=1S/C26H37N3O6/c1-25(2,3)35-24(33)26(13-15-27-16-14-26)20-11-9-18(10-12-20)22(31)29-28-21(30)17-5-7-19(8-6-17)23(32)34-4/h9-12,17,19,27H,5-8,13-16H2,1-4H3,(H,28,30)(H,29,31)/t17-,19-. The number of hydrazine groups is 1. The molecule has 9 heteroatoms. The van der Waals surface area contributed by atoms with Crippen molar-refractivity contribution >= 4 is 23.8 Å². The lowest BCUT2D eigenvalue weighted by Gasteiger charge is -2.38. The van der Waals surface area contributed by atoms with Crippen LogP contribution in [0, 0.1) is 11.8 Å². The minimum atomic E-state index is -0.759. The molecule has 0 bridgehead atoms. The SMILES string of the molecule is COC(=O)[C@H]1CC[C@H](C(=O)NNC(=O)c2ccc(C3(C(=O)OC(C)(C)C)CCNCC3)cc2)CC1. The van der Waals surface area contributed by atoms with Gasteiger partial charge in [0.15, 0.2) is 0 Å². The Morgan fingerprint density at radius 3 is 2.03 bits per heavy atom. The summed E-state index contributed by atoms with van der Waals surface area (Å²) in [6.07, 6.45) is 3.54. The van der Waals surface area contributed by atoms with Crippen LogP contribution in [0.25, 0.3) is 0 Å². The molecule has 1 aromatic rings. The van der Waals surface area contributed by atoms with Crippen molar-refractivity contribution in [2.24, 2.45) is 11.8 Å². The van der Waals surface area contributed by atoms with Crippen molar-refractivity contribution in [3.8, 4) is 0 Å². The Hall–Kier alpha value is -2.94. The third kappa shape index (κ3) is 6.60. The second-order valence-corrected chi connectivity index (χ2v) is 10.4. The first-order valence-electron chi connectivity index (χ1n) is 12.3. The molecule has 192 valence electrons. The lowest BCUT2D eigenvalue weighted by molar-refractivity contribution is -0.163. The fourth-order valence-electron chi connectivity index (χ4n) is 4.83. The average molecular weight is 488 g/mol. The van der Waals surface area contributed by atoms with E-state index < -0.39 is 16.9 Å². The molecule has 1 saturated heterocycles. The fourth-order valence-corrected chi connectivity index (χ4v) is 4.83. The normalized spacial score (nSPS) is 21.9. The van der Waals surface area contributed by atoms with Crippen LogP contribution in [-0.4, -0.2) is 49.6 Å². The zero-order valence-corrected chi connectivity index (χ0v) is 21.1. The molecule has 1 saturated carbocycles. The monoisotopic (exact) mass is 487 g/mol. The molecule has 1 aliphatic heterocycles. The van der Waals surface area contributed by atoms with Crippen LogP contribution in [0.5, 0.6) is 0 Å². The van der Waals surface area contributed by atoms with Crippen molar-refractivity contribution in [1.82, 2.24) is 16.2 Å². The van der Waals surface area contributed by atoms with Gasteiger partial charge < -0.3 is 14.8 Å². The van der Waals surface area contributed by atoms with Crippen molar-refractivity contribution in [3.63, 3.8) is 0 Å². The molecule has 0 aromatic heterocycles. The first kappa shape index (κ1) is 26.7. The number of carbonyl (C=O) groups excluding carboxylic acids is 4. The highest BCUT2D eigenvalue weighted by Gasteiger charge is 2.44. The van der Waals surface area contributed by atoms with Crippen molar-refractivity contribution in [3.05, 3.63) is 35.4 Å². The van der Waals surface area contributed by atoms with E-state index in [0.717, 1.165) is 5.56 Å². The molecule has 1 aliphatic carbocycles. The first-order chi connectivity index (χ1) is 16.6. The number of piperidine rings is 1. The Labute approximate surface area is 206 Å². The van der Waals surface area contributed by atoms with Gasteiger partial charge in [0.25, 0.3) is 5.91 Å². The van der Waals surface area contributed by atoms with E-state index in [1.165, 1.54) is 7.11 Å². The van der Waals surface area contributed by atoms with E-state index in [2.05, 4.69) is 16.2 Å². The van der Waals surface area contributed by atoms with E-state index in [0.29, 0.717) is 57.2 Å². The molecule has 9 nitrogen and oxygen atoms in total. The lowest BCUT2D eigenvalue weighted by Crippen LogP contribution is -2.48. The Bertz CT molecular complexity index is 923. The van der Waals surface area contributed by atoms with Gasteiger partial charge in [0.2, 0.25) is 5.91 Å². The van der Waals surface area contributed by atoms with Crippen molar-refractivity contribution in [2.75, 3.05) is 20.2 Å². The molecule has 2 amide bonds. The second-order valence-electron chi connectivity index (χ2n) is 10.4. The van der Waals surface area contributed by atoms with Crippen LogP contribution >= 0.6 is 0 Å². The minimum absolute atomic E-state index is 0.166. The van der Waals surface area contributed by atoms with Gasteiger partial charge in [-0.25, -0.2) is 0 Å². The summed E-state index contributed by atoms with van der Waals surface area (Å²) >= 11 is 0. The molecule has 1 aromatic carbocycles. The van der Waals surface area contributed by atoms with Crippen molar-refractivity contribution in [1.29, 1.82) is 0 Å². The van der Waals surface area contributed by atoms with Crippen LogP contribution in [0.15, 0.2) is 24.3 Å². The molecule has 0 atom stereocenters. The topological polar surface area (TPSA) is 123 Å². The number of methoxy groups -OCH3 is 1. The Morgan fingerprint density at radius 1 is 0.914 bits per heavy atom. The molecule has 0 radical (unpaired) electrons. The second kappa shape index (κ2) is 11.2. The molecule has 0 unspecified atom stereocenters. The van der Waals surface area contributed by atoms with Crippen molar-refractivity contribution < 1.29 is 28.7 Å². The number of amides is 2. The molecule has 2 fully saturated rings. The molecular weight excluding hydrogens is 450 g/mol. The molecule has 2 aliphatic rings. The van der Waals surface area contributed by atoms with Gasteiger partial charge in [-0.2, -0.15) is 0 Å². The Balaban J connectivity index is 1.59. The maximum absolute atomic E-state index is 13.2. The van der Waals surface area contributed by atoms with Gasteiger partial charge in [0.1, 0.15) is 5.60 Å². The molecular formula is C26H37N3O6. The number of hydrogen-bond donors (Lipinski definition) is 3. The number of nitrogens with one attached hydrogen (secondary N) is 3. The molecule has 3 N–H and O–H groups in total. The van der Waals surface area contributed by atoms with Crippen LogP contribution in [0.3, 0.4) is 0 Å². The minimum Gasteiger partial charge on any atom is -0.469 e. The van der Waals surface area contributed by atoms with Gasteiger partial charge >= 0.3 is 11.9 Å². The third-order valence-electron chi connectivity index (χ3n) is 6.88. The van der Waals surface area contributed by atoms with Gasteiger partial charge in [0, 0.05) is 11.5 Å². The van der Waals surface area contributed by atoms with Crippen LogP contribution in [-0.2, 0) is 29.3 Å². The number of rotatable bonds is 5. The highest BCUT2D eigenvalue weighted by Crippen LogP contribution is 2.36. The first-order valence-corrected chi connectivity index (χ1v) is 12.3. The summed E-state index contributed by atoms with van der Waals surface area (Å²) in [6, 6.07) is 6.90. The predicted molar refractivity (Wildman–Crippen MR) is 129 cm³/mol. The van der Waals surface area contributed by atoms with E-state index in [-0.39, 0.29) is 29.7 Å². The van der Waals surface area contributed by atoms with Gasteiger partial charge in [-0.1, -0.05) is 12.1 Å². The lowest BCUT2D eigenvalue weighted by atomic mass is 9.73. The summed E-state index contributed by atoms with van der Waals surface area (Å²) in [5.41, 5.74) is 4.81. The summed E-state index contributed by atoms with van der Waals surface area (Å²) in [4.78, 5) is 49.9. The molecule has 3 rings (SSSR count). The van der Waals surface area contributed by atoms with Crippen LogP contribution in [0.4, 0.5) is 0 Å². The number of ether oxygens (including phenoxy) is 2. The summed E-state index contributed by atoms with van der Waals surface area (Å²) in [6.45, 7) is 6.97. The number of hydrogen-bond acceptors (Lipinski definition) is 7. The van der Waals surface area contributed by atoms with Crippen LogP contribution in [0.1, 0.15) is 75.2 Å². The van der Waals surface area contributed by atoms with E-state index in [1.54, 1.807) is 24.3 Å². The van der Waals surface area contributed by atoms with E-state index >= 15 is 0 Å². The predicted octanol–water partition coefficient (Wildman–Crippen LogP) is 2.39. The number of carbonyl (C=O) groups is 4. The molecule has 0 spiro atoms.